The second kappa shape index (κ2) is 10.5. The zero-order valence-electron chi connectivity index (χ0n) is 19.6. The summed E-state index contributed by atoms with van der Waals surface area (Å²) in [5.41, 5.74) is 0.930. The molecule has 13 nitrogen and oxygen atoms in total. The van der Waals surface area contributed by atoms with Crippen molar-refractivity contribution in [2.24, 2.45) is 0 Å². The predicted molar refractivity (Wildman–Crippen MR) is 121 cm³/mol. The summed E-state index contributed by atoms with van der Waals surface area (Å²) in [7, 11) is 0. The molecule has 0 unspecified atom stereocenters. The Hall–Kier alpha value is -4.39. The van der Waals surface area contributed by atoms with Crippen LogP contribution in [0.5, 0.6) is 0 Å². The molecule has 1 aliphatic heterocycles. The van der Waals surface area contributed by atoms with Gasteiger partial charge in [0.25, 0.3) is 5.91 Å². The van der Waals surface area contributed by atoms with Crippen molar-refractivity contribution < 1.29 is 38.1 Å². The minimum absolute atomic E-state index is 0.155. The van der Waals surface area contributed by atoms with Crippen LogP contribution in [0.2, 0.25) is 0 Å². The molecule has 2 aromatic heterocycles. The third-order valence-electron chi connectivity index (χ3n) is 5.24. The average Bonchev–Trinajstić information content (AvgIpc) is 3.40. The molecule has 0 radical (unpaired) electrons. The number of carbonyl (C=O) groups is 4. The van der Waals surface area contributed by atoms with Crippen molar-refractivity contribution in [3.63, 3.8) is 0 Å². The van der Waals surface area contributed by atoms with Gasteiger partial charge in [-0.25, -0.2) is 15.0 Å². The first kappa shape index (κ1) is 24.7. The van der Waals surface area contributed by atoms with E-state index >= 15 is 0 Å². The lowest BCUT2D eigenvalue weighted by atomic mass is 10.1. The van der Waals surface area contributed by atoms with Gasteiger partial charge in [-0.15, -0.1) is 0 Å². The fourth-order valence-electron chi connectivity index (χ4n) is 3.82. The Morgan fingerprint density at radius 2 is 1.64 bits per heavy atom. The Kier molecular flexibility index (Phi) is 7.20. The summed E-state index contributed by atoms with van der Waals surface area (Å²) in [5, 5.41) is 2.71. The molecule has 1 N–H and O–H groups in total. The highest BCUT2D eigenvalue weighted by molar-refractivity contribution is 6.06. The van der Waals surface area contributed by atoms with Crippen LogP contribution in [0, 0.1) is 0 Å². The second-order valence-electron chi connectivity index (χ2n) is 7.88. The fraction of sp³-hybridized carbons (Fsp3) is 0.348. The molecule has 0 bridgehead atoms. The molecule has 1 amide bonds. The highest BCUT2D eigenvalue weighted by Gasteiger charge is 2.51. The van der Waals surface area contributed by atoms with E-state index in [1.165, 1.54) is 38.0 Å². The van der Waals surface area contributed by atoms with E-state index in [2.05, 4.69) is 20.3 Å². The van der Waals surface area contributed by atoms with Crippen molar-refractivity contribution >= 4 is 40.8 Å². The van der Waals surface area contributed by atoms with Crippen molar-refractivity contribution in [2.75, 3.05) is 11.9 Å². The van der Waals surface area contributed by atoms with E-state index in [1.54, 1.807) is 30.3 Å². The van der Waals surface area contributed by atoms with E-state index in [4.69, 9.17) is 18.9 Å². The van der Waals surface area contributed by atoms with Crippen LogP contribution in [0.3, 0.4) is 0 Å². The molecule has 0 aliphatic carbocycles. The Labute approximate surface area is 204 Å². The monoisotopic (exact) mass is 497 g/mol. The first-order chi connectivity index (χ1) is 17.2. The molecule has 0 saturated carbocycles. The molecular formula is C23H23N5O8. The first-order valence-corrected chi connectivity index (χ1v) is 10.9. The van der Waals surface area contributed by atoms with Gasteiger partial charge in [-0.2, -0.15) is 0 Å². The number of esters is 3. The second-order valence-corrected chi connectivity index (χ2v) is 7.88. The number of hydrogen-bond donors (Lipinski definition) is 1. The van der Waals surface area contributed by atoms with Gasteiger partial charge in [-0.05, 0) is 12.1 Å². The van der Waals surface area contributed by atoms with Gasteiger partial charge in [0.2, 0.25) is 0 Å². The number of amides is 1. The summed E-state index contributed by atoms with van der Waals surface area (Å²) in [4.78, 5) is 60.4. The van der Waals surface area contributed by atoms with Crippen molar-refractivity contribution in [3.8, 4) is 0 Å². The largest absolute Gasteiger partial charge is 0.463 e. The van der Waals surface area contributed by atoms with Crippen LogP contribution in [0.15, 0.2) is 43.0 Å². The van der Waals surface area contributed by atoms with Gasteiger partial charge >= 0.3 is 17.9 Å². The van der Waals surface area contributed by atoms with Crippen LogP contribution in [0.4, 0.5) is 5.82 Å². The zero-order valence-corrected chi connectivity index (χ0v) is 19.6. The Morgan fingerprint density at radius 3 is 2.31 bits per heavy atom. The van der Waals surface area contributed by atoms with Crippen molar-refractivity contribution in [1.29, 1.82) is 0 Å². The SMILES string of the molecule is CC(=O)OC[C@H]1O[C@@H](n2cnc3c(NC(=O)c4ccccc4)ncnc32)[C@H](OC(C)=O)[C@H]1OC(C)=O. The van der Waals surface area contributed by atoms with Crippen LogP contribution < -0.4 is 5.32 Å². The Balaban J connectivity index is 1.68. The lowest BCUT2D eigenvalue weighted by Gasteiger charge is -2.23. The fourth-order valence-corrected chi connectivity index (χ4v) is 3.82. The van der Waals surface area contributed by atoms with Crippen LogP contribution in [-0.2, 0) is 33.3 Å². The average molecular weight is 497 g/mol. The van der Waals surface area contributed by atoms with E-state index in [0.717, 1.165) is 0 Å². The molecule has 1 saturated heterocycles. The molecule has 4 atom stereocenters. The van der Waals surface area contributed by atoms with Gasteiger partial charge in [0.05, 0.1) is 6.33 Å². The first-order valence-electron chi connectivity index (χ1n) is 10.9. The smallest absolute Gasteiger partial charge is 0.303 e. The van der Waals surface area contributed by atoms with Crippen molar-refractivity contribution in [3.05, 3.63) is 48.5 Å². The summed E-state index contributed by atoms with van der Waals surface area (Å²) in [5.74, 6) is -2.09. The maximum Gasteiger partial charge on any atom is 0.303 e. The summed E-state index contributed by atoms with van der Waals surface area (Å²) in [6, 6.07) is 8.57. The highest BCUT2D eigenvalue weighted by Crippen LogP contribution is 2.36. The Bertz CT molecular complexity index is 1290. The van der Waals surface area contributed by atoms with Crippen LogP contribution in [0.25, 0.3) is 11.2 Å². The number of ether oxygens (including phenoxy) is 4. The van der Waals surface area contributed by atoms with Gasteiger partial charge in [0, 0.05) is 26.3 Å². The minimum Gasteiger partial charge on any atom is -0.463 e. The third kappa shape index (κ3) is 5.30. The lowest BCUT2D eigenvalue weighted by Crippen LogP contribution is -2.40. The van der Waals surface area contributed by atoms with E-state index in [0.29, 0.717) is 5.56 Å². The molecule has 4 rings (SSSR count). The zero-order chi connectivity index (χ0) is 25.8. The highest BCUT2D eigenvalue weighted by atomic mass is 16.7. The van der Waals surface area contributed by atoms with Crippen molar-refractivity contribution in [2.45, 2.75) is 45.3 Å². The number of anilines is 1. The molecule has 3 aromatic rings. The number of carbonyl (C=O) groups excluding carboxylic acids is 4. The minimum atomic E-state index is -1.11. The summed E-state index contributed by atoms with van der Waals surface area (Å²) in [6.45, 7) is 3.37. The number of hydrogen-bond acceptors (Lipinski definition) is 11. The molecular weight excluding hydrogens is 474 g/mol. The number of aromatic nitrogens is 4. The maximum atomic E-state index is 12.6. The van der Waals surface area contributed by atoms with Crippen LogP contribution >= 0.6 is 0 Å². The molecule has 1 aromatic carbocycles. The summed E-state index contributed by atoms with van der Waals surface area (Å²) < 4.78 is 23.4. The van der Waals surface area contributed by atoms with Gasteiger partial charge in [-0.3, -0.25) is 23.7 Å². The van der Waals surface area contributed by atoms with Crippen LogP contribution in [-0.4, -0.2) is 68.3 Å². The summed E-state index contributed by atoms with van der Waals surface area (Å²) >= 11 is 0. The molecule has 1 aliphatic rings. The van der Waals surface area contributed by atoms with Gasteiger partial charge in [-0.1, -0.05) is 18.2 Å². The summed E-state index contributed by atoms with van der Waals surface area (Å²) in [6.07, 6.45) is -1.57. The van der Waals surface area contributed by atoms with E-state index < -0.39 is 48.4 Å². The number of nitrogens with zero attached hydrogens (tertiary/aromatic N) is 4. The van der Waals surface area contributed by atoms with Crippen molar-refractivity contribution in [1.82, 2.24) is 19.5 Å². The quantitative estimate of drug-likeness (QED) is 0.371. The number of fused-ring (bicyclic) bond motifs is 1. The number of benzene rings is 1. The molecule has 1 fully saturated rings. The van der Waals surface area contributed by atoms with E-state index in [9.17, 15) is 19.2 Å². The number of imidazole rings is 1. The van der Waals surface area contributed by atoms with Gasteiger partial charge in [0.1, 0.15) is 19.0 Å². The third-order valence-corrected chi connectivity index (χ3v) is 5.24. The number of nitrogens with one attached hydrogen (secondary N) is 1. The predicted octanol–water partition coefficient (Wildman–Crippen LogP) is 1.40. The molecule has 13 heteroatoms. The normalized spacial score (nSPS) is 21.1. The molecule has 36 heavy (non-hydrogen) atoms. The van der Waals surface area contributed by atoms with E-state index in [-0.39, 0.29) is 23.6 Å². The number of rotatable bonds is 7. The standard InChI is InChI=1S/C23H23N5O8/c1-12(29)33-9-16-18(34-13(2)30)19(35-14(3)31)23(36-16)28-11-26-17-20(24-10-25-21(17)28)27-22(32)15-7-5-4-6-8-15/h4-8,10-11,16,18-19,23H,9H2,1-3H3,(H,24,25,27,32)/t16-,18+,19-,23-/m1/s1. The van der Waals surface area contributed by atoms with Crippen LogP contribution in [0.1, 0.15) is 37.4 Å². The topological polar surface area (TPSA) is 161 Å². The lowest BCUT2D eigenvalue weighted by molar-refractivity contribution is -0.166. The van der Waals surface area contributed by atoms with Gasteiger partial charge < -0.3 is 24.3 Å². The van der Waals surface area contributed by atoms with E-state index in [1.807, 2.05) is 0 Å². The van der Waals surface area contributed by atoms with Gasteiger partial charge in [0.15, 0.2) is 35.4 Å². The maximum absolute atomic E-state index is 12.6. The molecule has 188 valence electrons. The Morgan fingerprint density at radius 1 is 0.944 bits per heavy atom. The molecule has 3 heterocycles. The molecule has 0 spiro atoms.